The van der Waals surface area contributed by atoms with Crippen molar-refractivity contribution < 1.29 is 4.74 Å². The number of halogens is 1. The molecular weight excluding hydrogens is 433 g/mol. The second kappa shape index (κ2) is 11.3. The van der Waals surface area contributed by atoms with Crippen LogP contribution in [0.1, 0.15) is 30.2 Å². The molecule has 0 aliphatic rings. The lowest BCUT2D eigenvalue weighted by Crippen LogP contribution is -2.39. The fourth-order valence-electron chi connectivity index (χ4n) is 2.20. The van der Waals surface area contributed by atoms with Gasteiger partial charge >= 0.3 is 0 Å². The smallest absolute Gasteiger partial charge is 0.191 e. The minimum absolute atomic E-state index is 0. The molecular formula is C18H26IN3OS. The van der Waals surface area contributed by atoms with Crippen LogP contribution in [0.2, 0.25) is 0 Å². The summed E-state index contributed by atoms with van der Waals surface area (Å²) in [4.78, 5) is 6.04. The van der Waals surface area contributed by atoms with Crippen molar-refractivity contribution in [2.75, 3.05) is 20.2 Å². The van der Waals surface area contributed by atoms with Crippen LogP contribution in [0.5, 0.6) is 5.75 Å². The zero-order valence-corrected chi connectivity index (χ0v) is 17.6. The Bertz CT molecular complexity index is 616. The Morgan fingerprint density at radius 2 is 2.08 bits per heavy atom. The van der Waals surface area contributed by atoms with Crippen LogP contribution in [0.4, 0.5) is 0 Å². The Morgan fingerprint density at radius 3 is 2.75 bits per heavy atom. The molecule has 0 aliphatic heterocycles. The maximum Gasteiger partial charge on any atom is 0.191 e. The Balaban J connectivity index is 0.00000288. The van der Waals surface area contributed by atoms with E-state index in [4.69, 9.17) is 4.74 Å². The molecule has 0 saturated carbocycles. The molecule has 1 aromatic carbocycles. The molecule has 2 N–H and O–H groups in total. The van der Waals surface area contributed by atoms with Gasteiger partial charge in [0.05, 0.1) is 13.7 Å². The number of guanidine groups is 1. The molecule has 0 fully saturated rings. The summed E-state index contributed by atoms with van der Waals surface area (Å²) in [6.45, 7) is 6.64. The van der Waals surface area contributed by atoms with E-state index in [2.05, 4.69) is 53.1 Å². The molecule has 1 heterocycles. The van der Waals surface area contributed by atoms with Gasteiger partial charge in [0.25, 0.3) is 0 Å². The van der Waals surface area contributed by atoms with Gasteiger partial charge in [-0.1, -0.05) is 25.1 Å². The van der Waals surface area contributed by atoms with Crippen molar-refractivity contribution in [3.05, 3.63) is 52.2 Å². The van der Waals surface area contributed by atoms with Gasteiger partial charge in [-0.3, -0.25) is 0 Å². The first-order valence-corrected chi connectivity index (χ1v) is 8.79. The van der Waals surface area contributed by atoms with Crippen LogP contribution >= 0.6 is 35.3 Å². The molecule has 2 rings (SSSR count). The van der Waals surface area contributed by atoms with Crippen LogP contribution in [0.3, 0.4) is 0 Å². The third kappa shape index (κ3) is 6.68. The van der Waals surface area contributed by atoms with Crippen LogP contribution < -0.4 is 15.4 Å². The van der Waals surface area contributed by atoms with Crippen LogP contribution in [-0.2, 0) is 6.54 Å². The molecule has 0 spiro atoms. The zero-order valence-electron chi connectivity index (χ0n) is 14.4. The number of methoxy groups -OCH3 is 1. The molecule has 2 aromatic rings. The summed E-state index contributed by atoms with van der Waals surface area (Å²) in [5, 5.41) is 8.83. The summed E-state index contributed by atoms with van der Waals surface area (Å²) in [5.41, 5.74) is 1.13. The van der Waals surface area contributed by atoms with E-state index in [1.807, 2.05) is 18.2 Å². The van der Waals surface area contributed by atoms with Crippen LogP contribution in [0.15, 0.2) is 46.8 Å². The number of benzene rings is 1. The SMILES string of the molecule is CCNC(=NCc1cccc(OC)c1)NCC(C)c1cccs1.I. The average molecular weight is 459 g/mol. The van der Waals surface area contributed by atoms with Crippen molar-refractivity contribution in [1.82, 2.24) is 10.6 Å². The van der Waals surface area contributed by atoms with Crippen molar-refractivity contribution in [2.45, 2.75) is 26.3 Å². The minimum Gasteiger partial charge on any atom is -0.497 e. The van der Waals surface area contributed by atoms with E-state index in [9.17, 15) is 0 Å². The molecule has 0 amide bonds. The van der Waals surface area contributed by atoms with Gasteiger partial charge in [0.15, 0.2) is 5.96 Å². The Labute approximate surface area is 165 Å². The van der Waals surface area contributed by atoms with Crippen LogP contribution in [0, 0.1) is 0 Å². The van der Waals surface area contributed by atoms with Crippen molar-refractivity contribution in [3.8, 4) is 5.75 Å². The number of aliphatic imine (C=N–C) groups is 1. The summed E-state index contributed by atoms with van der Waals surface area (Å²) in [6.07, 6.45) is 0. The predicted octanol–water partition coefficient (Wildman–Crippen LogP) is 4.23. The molecule has 0 aliphatic carbocycles. The molecule has 1 aromatic heterocycles. The topological polar surface area (TPSA) is 45.7 Å². The van der Waals surface area contributed by atoms with E-state index < -0.39 is 0 Å². The van der Waals surface area contributed by atoms with Gasteiger partial charge in [-0.25, -0.2) is 4.99 Å². The lowest BCUT2D eigenvalue weighted by Gasteiger charge is -2.15. The molecule has 1 atom stereocenters. The predicted molar refractivity (Wildman–Crippen MR) is 114 cm³/mol. The first kappa shape index (κ1) is 20.8. The van der Waals surface area contributed by atoms with E-state index in [0.29, 0.717) is 12.5 Å². The molecule has 24 heavy (non-hydrogen) atoms. The standard InChI is InChI=1S/C18H25N3OS.HI/c1-4-19-18(20-12-14(2)17-9-6-10-23-17)21-13-15-7-5-8-16(11-15)22-3;/h5-11,14H,4,12-13H2,1-3H3,(H2,19,20,21);1H. The lowest BCUT2D eigenvalue weighted by atomic mass is 10.1. The van der Waals surface area contributed by atoms with Crippen molar-refractivity contribution in [1.29, 1.82) is 0 Å². The highest BCUT2D eigenvalue weighted by atomic mass is 127. The number of hydrogen-bond acceptors (Lipinski definition) is 3. The van der Waals surface area contributed by atoms with E-state index in [-0.39, 0.29) is 24.0 Å². The highest BCUT2D eigenvalue weighted by Gasteiger charge is 2.07. The number of rotatable bonds is 7. The van der Waals surface area contributed by atoms with E-state index >= 15 is 0 Å². The highest BCUT2D eigenvalue weighted by molar-refractivity contribution is 14.0. The number of nitrogens with zero attached hydrogens (tertiary/aromatic N) is 1. The van der Waals surface area contributed by atoms with Crippen molar-refractivity contribution in [2.24, 2.45) is 4.99 Å². The molecule has 0 radical (unpaired) electrons. The van der Waals surface area contributed by atoms with Crippen molar-refractivity contribution in [3.63, 3.8) is 0 Å². The molecule has 4 nitrogen and oxygen atoms in total. The summed E-state index contributed by atoms with van der Waals surface area (Å²) in [7, 11) is 1.68. The number of thiophene rings is 1. The van der Waals surface area contributed by atoms with Crippen LogP contribution in [-0.4, -0.2) is 26.2 Å². The Kier molecular flexibility index (Phi) is 9.78. The third-order valence-corrected chi connectivity index (χ3v) is 4.61. The van der Waals surface area contributed by atoms with Gasteiger partial charge < -0.3 is 15.4 Å². The average Bonchev–Trinajstić information content (AvgIpc) is 3.12. The van der Waals surface area contributed by atoms with Gasteiger partial charge in [-0.05, 0) is 36.1 Å². The van der Waals surface area contributed by atoms with E-state index in [0.717, 1.165) is 30.4 Å². The maximum atomic E-state index is 5.25. The lowest BCUT2D eigenvalue weighted by molar-refractivity contribution is 0.414. The van der Waals surface area contributed by atoms with Gasteiger partial charge in [0.2, 0.25) is 0 Å². The fourth-order valence-corrected chi connectivity index (χ4v) is 2.99. The second-order valence-electron chi connectivity index (χ2n) is 5.34. The maximum absolute atomic E-state index is 5.25. The fraction of sp³-hybridized carbons (Fsp3) is 0.389. The second-order valence-corrected chi connectivity index (χ2v) is 6.32. The monoisotopic (exact) mass is 459 g/mol. The van der Waals surface area contributed by atoms with E-state index in [1.165, 1.54) is 4.88 Å². The molecule has 6 heteroatoms. The van der Waals surface area contributed by atoms with E-state index in [1.54, 1.807) is 18.4 Å². The number of nitrogens with one attached hydrogen (secondary N) is 2. The summed E-state index contributed by atoms with van der Waals surface area (Å²) < 4.78 is 5.25. The molecule has 132 valence electrons. The first-order chi connectivity index (χ1) is 11.2. The summed E-state index contributed by atoms with van der Waals surface area (Å²) in [6, 6.07) is 12.3. The normalized spacial score (nSPS) is 12.2. The minimum atomic E-state index is 0. The summed E-state index contributed by atoms with van der Waals surface area (Å²) in [5.74, 6) is 2.18. The first-order valence-electron chi connectivity index (χ1n) is 7.91. The number of ether oxygens (including phenoxy) is 1. The Morgan fingerprint density at radius 1 is 1.25 bits per heavy atom. The third-order valence-electron chi connectivity index (χ3n) is 3.50. The molecule has 0 bridgehead atoms. The van der Waals surface area contributed by atoms with Gasteiger partial charge in [-0.2, -0.15) is 0 Å². The molecule has 1 unspecified atom stereocenters. The Hall–Kier alpha value is -1.28. The van der Waals surface area contributed by atoms with Crippen molar-refractivity contribution >= 4 is 41.3 Å². The van der Waals surface area contributed by atoms with Gasteiger partial charge in [0, 0.05) is 23.9 Å². The van der Waals surface area contributed by atoms with Gasteiger partial charge in [-0.15, -0.1) is 35.3 Å². The van der Waals surface area contributed by atoms with Crippen LogP contribution in [0.25, 0.3) is 0 Å². The zero-order chi connectivity index (χ0) is 16.5. The van der Waals surface area contributed by atoms with Gasteiger partial charge in [0.1, 0.15) is 5.75 Å². The summed E-state index contributed by atoms with van der Waals surface area (Å²) >= 11 is 1.80. The highest BCUT2D eigenvalue weighted by Crippen LogP contribution is 2.19. The molecule has 0 saturated heterocycles. The largest absolute Gasteiger partial charge is 0.497 e. The quantitative estimate of drug-likeness (QED) is 0.370. The number of hydrogen-bond donors (Lipinski definition) is 2.